The van der Waals surface area contributed by atoms with Crippen LogP contribution >= 0.6 is 0 Å². The van der Waals surface area contributed by atoms with Gasteiger partial charge in [-0.05, 0) is 41.5 Å². The zero-order chi connectivity index (χ0) is 20.7. The molecule has 3 aromatic carbocycles. The van der Waals surface area contributed by atoms with Gasteiger partial charge in [-0.15, -0.1) is 0 Å². The first kappa shape index (κ1) is 24.1. The number of hydrogen-bond acceptors (Lipinski definition) is 1. The van der Waals surface area contributed by atoms with E-state index in [-0.39, 0.29) is 6.47 Å². The molecule has 1 N–H and O–H groups in total. The lowest BCUT2D eigenvalue weighted by Crippen LogP contribution is -1.71. The Balaban J connectivity index is 0.000000350. The molecule has 3 rings (SSSR count). The summed E-state index contributed by atoms with van der Waals surface area (Å²) in [6.07, 6.45) is 0. The fourth-order valence-corrected chi connectivity index (χ4v) is 2.42. The van der Waals surface area contributed by atoms with Crippen LogP contribution in [0.5, 0.6) is 0 Å². The lowest BCUT2D eigenvalue weighted by molar-refractivity contribution is -0.122. The summed E-state index contributed by atoms with van der Waals surface area (Å²) in [5.41, 5.74) is 8.03. The first-order valence-electron chi connectivity index (χ1n) is 8.96. The SMILES string of the molecule is Cc1cccc(C)c1.Cc1cccc(C)c1.Cc1cccc(C)c1.O=CO. The van der Waals surface area contributed by atoms with Gasteiger partial charge in [-0.25, -0.2) is 0 Å². The summed E-state index contributed by atoms with van der Waals surface area (Å²) in [7, 11) is 0. The van der Waals surface area contributed by atoms with Gasteiger partial charge in [0, 0.05) is 0 Å². The van der Waals surface area contributed by atoms with E-state index in [1.807, 2.05) is 0 Å². The van der Waals surface area contributed by atoms with Crippen molar-refractivity contribution < 1.29 is 9.90 Å². The largest absolute Gasteiger partial charge is 0.483 e. The summed E-state index contributed by atoms with van der Waals surface area (Å²) in [4.78, 5) is 8.36. The maximum absolute atomic E-state index is 8.36. The molecule has 0 aromatic heterocycles. The summed E-state index contributed by atoms with van der Waals surface area (Å²) >= 11 is 0. The van der Waals surface area contributed by atoms with Crippen LogP contribution in [0.4, 0.5) is 0 Å². The quantitative estimate of drug-likeness (QED) is 0.456. The zero-order valence-electron chi connectivity index (χ0n) is 17.4. The molecule has 0 atom stereocenters. The van der Waals surface area contributed by atoms with Crippen LogP contribution in [0.1, 0.15) is 33.4 Å². The molecule has 0 heterocycles. The zero-order valence-corrected chi connectivity index (χ0v) is 17.4. The van der Waals surface area contributed by atoms with Crippen molar-refractivity contribution in [3.05, 3.63) is 106 Å². The molecule has 2 nitrogen and oxygen atoms in total. The van der Waals surface area contributed by atoms with Crippen molar-refractivity contribution >= 4 is 6.47 Å². The average Bonchev–Trinajstić information content (AvgIpc) is 2.56. The molecule has 2 heteroatoms. The van der Waals surface area contributed by atoms with Crippen LogP contribution in [0.15, 0.2) is 72.8 Å². The van der Waals surface area contributed by atoms with Gasteiger partial charge in [0.05, 0.1) is 0 Å². The van der Waals surface area contributed by atoms with Crippen molar-refractivity contribution in [3.63, 3.8) is 0 Å². The molecule has 0 saturated carbocycles. The maximum Gasteiger partial charge on any atom is 0.290 e. The lowest BCUT2D eigenvalue weighted by atomic mass is 10.2. The molecule has 0 aliphatic rings. The minimum atomic E-state index is -0.250. The van der Waals surface area contributed by atoms with Crippen LogP contribution in [0.25, 0.3) is 0 Å². The molecule has 0 amide bonds. The van der Waals surface area contributed by atoms with Gasteiger partial charge in [0.15, 0.2) is 0 Å². The predicted octanol–water partition coefficient (Wildman–Crippen LogP) is 6.61. The fraction of sp³-hybridized carbons (Fsp3) is 0.240. The summed E-state index contributed by atoms with van der Waals surface area (Å²) in [5, 5.41) is 6.89. The average molecular weight is 365 g/mol. The van der Waals surface area contributed by atoms with Crippen LogP contribution in [-0.4, -0.2) is 11.6 Å². The fourth-order valence-electron chi connectivity index (χ4n) is 2.42. The molecule has 0 spiro atoms. The van der Waals surface area contributed by atoms with Crippen molar-refractivity contribution in [2.24, 2.45) is 0 Å². The summed E-state index contributed by atoms with van der Waals surface area (Å²) in [5.74, 6) is 0. The Labute approximate surface area is 164 Å². The Bertz CT molecular complexity index is 636. The number of aryl methyl sites for hydroxylation is 6. The monoisotopic (exact) mass is 364 g/mol. The number of carbonyl (C=O) groups is 1. The van der Waals surface area contributed by atoms with E-state index in [0.717, 1.165) is 0 Å². The van der Waals surface area contributed by atoms with Gasteiger partial charge in [0.1, 0.15) is 0 Å². The third-order valence-corrected chi connectivity index (χ3v) is 3.52. The van der Waals surface area contributed by atoms with Crippen LogP contribution in [0, 0.1) is 41.5 Å². The summed E-state index contributed by atoms with van der Waals surface area (Å²) in [6.45, 7) is 12.4. The van der Waals surface area contributed by atoms with E-state index in [9.17, 15) is 0 Å². The van der Waals surface area contributed by atoms with Gasteiger partial charge in [-0.3, -0.25) is 4.79 Å². The molecule has 144 valence electrons. The van der Waals surface area contributed by atoms with E-state index in [4.69, 9.17) is 9.90 Å². The second kappa shape index (κ2) is 14.3. The van der Waals surface area contributed by atoms with E-state index in [1.54, 1.807) is 0 Å². The highest BCUT2D eigenvalue weighted by Crippen LogP contribution is 2.01. The lowest BCUT2D eigenvalue weighted by Gasteiger charge is -1.90. The Kier molecular flexibility index (Phi) is 12.8. The van der Waals surface area contributed by atoms with Gasteiger partial charge in [0.25, 0.3) is 6.47 Å². The molecule has 0 aliphatic carbocycles. The number of hydrogen-bond donors (Lipinski definition) is 1. The molecule has 0 fully saturated rings. The third kappa shape index (κ3) is 14.0. The first-order valence-corrected chi connectivity index (χ1v) is 8.96. The van der Waals surface area contributed by atoms with Crippen LogP contribution < -0.4 is 0 Å². The van der Waals surface area contributed by atoms with Crippen LogP contribution in [0.2, 0.25) is 0 Å². The van der Waals surface area contributed by atoms with Gasteiger partial charge >= 0.3 is 0 Å². The minimum Gasteiger partial charge on any atom is -0.483 e. The molecule has 27 heavy (non-hydrogen) atoms. The van der Waals surface area contributed by atoms with Gasteiger partial charge in [-0.1, -0.05) is 106 Å². The topological polar surface area (TPSA) is 37.3 Å². The molecular formula is C25H32O2. The van der Waals surface area contributed by atoms with Gasteiger partial charge in [0.2, 0.25) is 0 Å². The molecule has 0 radical (unpaired) electrons. The highest BCUT2D eigenvalue weighted by atomic mass is 16.3. The third-order valence-electron chi connectivity index (χ3n) is 3.52. The van der Waals surface area contributed by atoms with E-state index in [2.05, 4.69) is 114 Å². The Morgan fingerprint density at radius 3 is 0.741 bits per heavy atom. The smallest absolute Gasteiger partial charge is 0.290 e. The Morgan fingerprint density at radius 2 is 0.667 bits per heavy atom. The van der Waals surface area contributed by atoms with Gasteiger partial charge in [-0.2, -0.15) is 0 Å². The number of benzene rings is 3. The number of carboxylic acid groups (broad SMARTS) is 1. The van der Waals surface area contributed by atoms with Crippen LogP contribution in [0.3, 0.4) is 0 Å². The van der Waals surface area contributed by atoms with Crippen molar-refractivity contribution in [2.75, 3.05) is 0 Å². The molecule has 3 aromatic rings. The van der Waals surface area contributed by atoms with Crippen molar-refractivity contribution in [1.29, 1.82) is 0 Å². The first-order chi connectivity index (χ1) is 12.8. The molecule has 0 saturated heterocycles. The standard InChI is InChI=1S/3C8H10.CH2O2/c3*1-7-4-3-5-8(2)6-7;2-1-3/h3*3-6H,1-2H3;1H,(H,2,3). The summed E-state index contributed by atoms with van der Waals surface area (Å²) < 4.78 is 0. The highest BCUT2D eigenvalue weighted by molar-refractivity contribution is 5.32. The van der Waals surface area contributed by atoms with Crippen molar-refractivity contribution in [2.45, 2.75) is 41.5 Å². The van der Waals surface area contributed by atoms with E-state index in [1.165, 1.54) is 33.4 Å². The normalized spacial score (nSPS) is 8.67. The van der Waals surface area contributed by atoms with Crippen molar-refractivity contribution in [3.8, 4) is 0 Å². The van der Waals surface area contributed by atoms with Crippen molar-refractivity contribution in [1.82, 2.24) is 0 Å². The molecule has 0 unspecified atom stereocenters. The molecule has 0 aliphatic heterocycles. The van der Waals surface area contributed by atoms with Gasteiger partial charge < -0.3 is 5.11 Å². The Hall–Kier alpha value is -2.87. The maximum atomic E-state index is 8.36. The minimum absolute atomic E-state index is 0.250. The van der Waals surface area contributed by atoms with E-state index >= 15 is 0 Å². The second-order valence-corrected chi connectivity index (χ2v) is 6.58. The summed E-state index contributed by atoms with van der Waals surface area (Å²) in [6, 6.07) is 25.3. The number of rotatable bonds is 0. The highest BCUT2D eigenvalue weighted by Gasteiger charge is 1.82. The van der Waals surface area contributed by atoms with E-state index in [0.29, 0.717) is 0 Å². The second-order valence-electron chi connectivity index (χ2n) is 6.58. The molecular weight excluding hydrogens is 332 g/mol. The Morgan fingerprint density at radius 1 is 0.519 bits per heavy atom. The predicted molar refractivity (Wildman–Crippen MR) is 116 cm³/mol. The van der Waals surface area contributed by atoms with Crippen LogP contribution in [-0.2, 0) is 4.79 Å². The van der Waals surface area contributed by atoms with E-state index < -0.39 is 0 Å². The molecule has 0 bridgehead atoms.